The molecule has 1 amide bonds. The summed E-state index contributed by atoms with van der Waals surface area (Å²) in [5, 5.41) is 1.83. The average molecular weight is 444 g/mol. The Balaban J connectivity index is 1.69. The lowest BCUT2D eigenvalue weighted by Gasteiger charge is -2.27. The summed E-state index contributed by atoms with van der Waals surface area (Å²) in [4.78, 5) is 17.8. The second kappa shape index (κ2) is 9.62. The summed E-state index contributed by atoms with van der Waals surface area (Å²) in [5.41, 5.74) is 5.11. The van der Waals surface area contributed by atoms with Gasteiger partial charge in [-0.15, -0.1) is 0 Å². The zero-order chi connectivity index (χ0) is 22.7. The zero-order valence-corrected chi connectivity index (χ0v) is 18.2. The molecule has 3 aromatic rings. The topological polar surface area (TPSA) is 68.1 Å². The molecule has 1 aliphatic rings. The lowest BCUT2D eigenvalue weighted by molar-refractivity contribution is 0.0124. The first-order chi connectivity index (χ1) is 15.5. The molecule has 1 aliphatic heterocycles. The number of hydrogen-bond donors (Lipinski definition) is 1. The monoisotopic (exact) mass is 444 g/mol. The minimum atomic E-state index is -0.672. The van der Waals surface area contributed by atoms with Crippen LogP contribution in [0.5, 0.6) is 5.75 Å². The second-order valence-electron chi connectivity index (χ2n) is 7.76. The summed E-state index contributed by atoms with van der Waals surface area (Å²) in [6, 6.07) is 5.44. The van der Waals surface area contributed by atoms with Crippen molar-refractivity contribution in [3.05, 3.63) is 64.6 Å². The number of carbonyl (C=O) groups is 1. The van der Waals surface area contributed by atoms with Gasteiger partial charge in [-0.05, 0) is 37.1 Å². The smallest absolute Gasteiger partial charge is 0.284 e. The third-order valence-electron chi connectivity index (χ3n) is 5.30. The van der Waals surface area contributed by atoms with Gasteiger partial charge in [-0.3, -0.25) is 14.6 Å². The van der Waals surface area contributed by atoms with Crippen LogP contribution >= 0.6 is 0 Å². The number of morpholine rings is 1. The van der Waals surface area contributed by atoms with Crippen LogP contribution < -0.4 is 10.2 Å². The maximum atomic E-state index is 14.0. The molecule has 0 saturated carbocycles. The van der Waals surface area contributed by atoms with Gasteiger partial charge in [-0.25, -0.2) is 18.8 Å². The highest BCUT2D eigenvalue weighted by atomic mass is 19.1. The van der Waals surface area contributed by atoms with E-state index in [9.17, 15) is 13.6 Å². The molecule has 7 nitrogen and oxygen atoms in total. The Bertz CT molecular complexity index is 1110. The molecule has 1 saturated heterocycles. The number of imidazole rings is 1. The van der Waals surface area contributed by atoms with Crippen molar-refractivity contribution < 1.29 is 23.0 Å². The van der Waals surface area contributed by atoms with Crippen molar-refractivity contribution in [2.45, 2.75) is 33.3 Å². The largest absolute Gasteiger partial charge is 0.485 e. The third-order valence-corrected chi connectivity index (χ3v) is 5.30. The van der Waals surface area contributed by atoms with Gasteiger partial charge in [0.15, 0.2) is 11.4 Å². The van der Waals surface area contributed by atoms with Crippen LogP contribution in [0.25, 0.3) is 5.65 Å². The highest BCUT2D eigenvalue weighted by Gasteiger charge is 2.24. The number of nitrogens with zero attached hydrogens (tertiary/aromatic N) is 3. The Kier molecular flexibility index (Phi) is 6.66. The van der Waals surface area contributed by atoms with Crippen molar-refractivity contribution in [3.8, 4) is 5.75 Å². The molecule has 3 heterocycles. The lowest BCUT2D eigenvalue weighted by atomic mass is 10.2. The van der Waals surface area contributed by atoms with E-state index in [0.29, 0.717) is 55.5 Å². The summed E-state index contributed by atoms with van der Waals surface area (Å²) in [6.45, 7) is 5.90. The number of halogens is 2. The van der Waals surface area contributed by atoms with Crippen LogP contribution in [-0.2, 0) is 17.8 Å². The van der Waals surface area contributed by atoms with Crippen molar-refractivity contribution in [3.63, 3.8) is 0 Å². The van der Waals surface area contributed by atoms with Crippen LogP contribution in [0, 0.1) is 18.6 Å². The fraction of sp³-hybridized carbons (Fsp3) is 0.391. The third kappa shape index (κ3) is 4.58. The average Bonchev–Trinajstić information content (AvgIpc) is 3.12. The van der Waals surface area contributed by atoms with Gasteiger partial charge in [0.25, 0.3) is 5.91 Å². The van der Waals surface area contributed by atoms with Gasteiger partial charge in [0.2, 0.25) is 0 Å². The van der Waals surface area contributed by atoms with Gasteiger partial charge >= 0.3 is 0 Å². The van der Waals surface area contributed by atoms with E-state index in [2.05, 4.69) is 10.4 Å². The molecule has 0 aliphatic carbocycles. The maximum Gasteiger partial charge on any atom is 0.284 e. The molecule has 9 heteroatoms. The molecule has 1 fully saturated rings. The highest BCUT2D eigenvalue weighted by molar-refractivity contribution is 5.94. The van der Waals surface area contributed by atoms with Crippen molar-refractivity contribution in [1.29, 1.82) is 0 Å². The minimum Gasteiger partial charge on any atom is -0.485 e. The fourth-order valence-electron chi connectivity index (χ4n) is 3.74. The Hall–Kier alpha value is -3.04. The first-order valence-corrected chi connectivity index (χ1v) is 10.7. The number of hydrogen-bond acceptors (Lipinski definition) is 5. The van der Waals surface area contributed by atoms with Gasteiger partial charge in [0.05, 0.1) is 24.5 Å². The van der Waals surface area contributed by atoms with Gasteiger partial charge in [-0.1, -0.05) is 19.4 Å². The molecule has 0 radical (unpaired) electrons. The highest BCUT2D eigenvalue weighted by Crippen LogP contribution is 2.27. The molecule has 0 atom stereocenters. The number of rotatable bonds is 7. The summed E-state index contributed by atoms with van der Waals surface area (Å²) in [6.07, 6.45) is 3.22. The quantitative estimate of drug-likeness (QED) is 0.605. The molecule has 0 bridgehead atoms. The van der Waals surface area contributed by atoms with Crippen LogP contribution in [0.3, 0.4) is 0 Å². The van der Waals surface area contributed by atoms with Crippen LogP contribution in [-0.4, -0.2) is 46.6 Å². The van der Waals surface area contributed by atoms with E-state index in [1.54, 1.807) is 10.5 Å². The van der Waals surface area contributed by atoms with E-state index in [4.69, 9.17) is 9.47 Å². The van der Waals surface area contributed by atoms with Gasteiger partial charge in [0.1, 0.15) is 23.9 Å². The number of benzene rings is 1. The van der Waals surface area contributed by atoms with Gasteiger partial charge < -0.3 is 9.47 Å². The first-order valence-electron chi connectivity index (χ1n) is 10.7. The summed E-state index contributed by atoms with van der Waals surface area (Å²) in [5.74, 6) is -1.25. The van der Waals surface area contributed by atoms with Crippen LogP contribution in [0.4, 0.5) is 8.78 Å². The van der Waals surface area contributed by atoms with E-state index in [1.807, 2.05) is 25.1 Å². The van der Waals surface area contributed by atoms with Crippen LogP contribution in [0.1, 0.15) is 40.7 Å². The zero-order valence-electron chi connectivity index (χ0n) is 18.2. The van der Waals surface area contributed by atoms with Crippen molar-refractivity contribution in [1.82, 2.24) is 19.8 Å². The summed E-state index contributed by atoms with van der Waals surface area (Å²) < 4.78 is 40.9. The lowest BCUT2D eigenvalue weighted by Crippen LogP contribution is -2.48. The number of nitrogens with one attached hydrogen (secondary N) is 1. The number of pyridine rings is 1. The van der Waals surface area contributed by atoms with E-state index >= 15 is 0 Å². The molecule has 0 spiro atoms. The van der Waals surface area contributed by atoms with E-state index in [0.717, 1.165) is 12.0 Å². The standard InChI is InChI=1S/C23H26F2N4O3/c1-3-5-19-21(23(30)27-28-8-10-31-11-9-28)29-13-15(2)12-20(22(29)26-19)32-14-16-17(24)6-4-7-18(16)25/h4,6-7,12-13H,3,5,8-11,14H2,1-2H3,(H,27,30). The Morgan fingerprint density at radius 2 is 1.97 bits per heavy atom. The normalized spacial score (nSPS) is 14.6. The minimum absolute atomic E-state index is 0.155. The Morgan fingerprint density at radius 3 is 2.66 bits per heavy atom. The van der Waals surface area contributed by atoms with Crippen LogP contribution in [0.2, 0.25) is 0 Å². The molecule has 1 aromatic carbocycles. The molecule has 4 rings (SSSR count). The van der Waals surface area contributed by atoms with Crippen molar-refractivity contribution in [2.24, 2.45) is 0 Å². The van der Waals surface area contributed by atoms with Crippen LogP contribution in [0.15, 0.2) is 30.5 Å². The molecule has 1 N–H and O–H groups in total. The second-order valence-corrected chi connectivity index (χ2v) is 7.76. The van der Waals surface area contributed by atoms with Crippen molar-refractivity contribution >= 4 is 11.6 Å². The van der Waals surface area contributed by atoms with Gasteiger partial charge in [0, 0.05) is 19.3 Å². The Morgan fingerprint density at radius 1 is 1.25 bits per heavy atom. The molecular weight excluding hydrogens is 418 g/mol. The number of ether oxygens (including phenoxy) is 2. The van der Waals surface area contributed by atoms with Gasteiger partial charge in [-0.2, -0.15) is 0 Å². The van der Waals surface area contributed by atoms with E-state index < -0.39 is 11.6 Å². The number of amides is 1. The van der Waals surface area contributed by atoms with Crippen molar-refractivity contribution in [2.75, 3.05) is 26.3 Å². The molecule has 170 valence electrons. The summed E-state index contributed by atoms with van der Waals surface area (Å²) in [7, 11) is 0. The molecular formula is C23H26F2N4O3. The number of hydrazine groups is 1. The Labute approximate surface area is 184 Å². The molecule has 0 unspecified atom stereocenters. The van der Waals surface area contributed by atoms with E-state index in [1.165, 1.54) is 18.2 Å². The predicted octanol–water partition coefficient (Wildman–Crippen LogP) is 3.43. The first kappa shape index (κ1) is 22.2. The molecule has 32 heavy (non-hydrogen) atoms. The van der Waals surface area contributed by atoms with E-state index in [-0.39, 0.29) is 18.1 Å². The number of aryl methyl sites for hydroxylation is 2. The SMILES string of the molecule is CCCc1nc2c(OCc3c(F)cccc3F)cc(C)cn2c1C(=O)NN1CCOCC1. The predicted molar refractivity (Wildman–Crippen MR) is 114 cm³/mol. The maximum absolute atomic E-state index is 14.0. The number of aromatic nitrogens is 2. The molecule has 2 aromatic heterocycles. The number of carbonyl (C=O) groups excluding carboxylic acids is 1. The summed E-state index contributed by atoms with van der Waals surface area (Å²) >= 11 is 0. The fourth-order valence-corrected chi connectivity index (χ4v) is 3.74. The number of fused-ring (bicyclic) bond motifs is 1.